The number of esters is 1. The van der Waals surface area contributed by atoms with Crippen LogP contribution in [0, 0.1) is 5.92 Å². The van der Waals surface area contributed by atoms with E-state index in [0.717, 1.165) is 92.6 Å². The summed E-state index contributed by atoms with van der Waals surface area (Å²) in [6.45, 7) is 5.12. The van der Waals surface area contributed by atoms with Gasteiger partial charge in [0, 0.05) is 58.6 Å². The molecule has 0 amide bonds. The van der Waals surface area contributed by atoms with Crippen LogP contribution in [-0.2, 0) is 16.0 Å². The van der Waals surface area contributed by atoms with Crippen molar-refractivity contribution in [3.63, 3.8) is 0 Å². The number of rotatable bonds is 11. The molecule has 1 fully saturated rings. The second-order valence-electron chi connectivity index (χ2n) is 11.9. The number of aryl methyl sites for hydroxylation is 1. The number of aromatic nitrogens is 1. The van der Waals surface area contributed by atoms with Gasteiger partial charge in [0.25, 0.3) is 0 Å². The van der Waals surface area contributed by atoms with Gasteiger partial charge in [-0.2, -0.15) is 0 Å². The Morgan fingerprint density at radius 3 is 2.60 bits per heavy atom. The van der Waals surface area contributed by atoms with Gasteiger partial charge in [-0.05, 0) is 104 Å². The molecule has 0 spiro atoms. The summed E-state index contributed by atoms with van der Waals surface area (Å²) in [5.41, 5.74) is 4.76. The largest absolute Gasteiger partial charge is 0.493 e. The Bertz CT molecular complexity index is 1600. The number of halogens is 2. The SMILES string of the molecule is COc1ccc(C2CC(CCC(=O)Oc3ccc(Cl)cc3)CCc3c2[nH]c2ccc(Cl)cc32)cc1OCCCN1CCOCC1. The van der Waals surface area contributed by atoms with Gasteiger partial charge in [0.2, 0.25) is 0 Å². The third-order valence-corrected chi connectivity index (χ3v) is 9.48. The van der Waals surface area contributed by atoms with Crippen LogP contribution >= 0.6 is 23.2 Å². The number of benzene rings is 3. The zero-order chi connectivity index (χ0) is 31.2. The Balaban J connectivity index is 1.21. The first-order valence-electron chi connectivity index (χ1n) is 15.8. The van der Waals surface area contributed by atoms with E-state index in [1.807, 2.05) is 12.1 Å². The van der Waals surface area contributed by atoms with Gasteiger partial charge >= 0.3 is 5.97 Å². The average Bonchev–Trinajstić information content (AvgIpc) is 3.30. The van der Waals surface area contributed by atoms with Crippen molar-refractivity contribution >= 4 is 40.1 Å². The number of H-pyrrole nitrogens is 1. The quantitative estimate of drug-likeness (QED) is 0.0766. The first-order valence-corrected chi connectivity index (χ1v) is 16.6. The number of morpholine rings is 1. The predicted octanol–water partition coefficient (Wildman–Crippen LogP) is 8.05. The Morgan fingerprint density at radius 1 is 1.00 bits per heavy atom. The zero-order valence-corrected chi connectivity index (χ0v) is 27.2. The van der Waals surface area contributed by atoms with Crippen molar-refractivity contribution in [3.05, 3.63) is 87.5 Å². The summed E-state index contributed by atoms with van der Waals surface area (Å²) in [5, 5.41) is 2.50. The summed E-state index contributed by atoms with van der Waals surface area (Å²) in [6, 6.07) is 19.2. The van der Waals surface area contributed by atoms with E-state index < -0.39 is 0 Å². The van der Waals surface area contributed by atoms with E-state index >= 15 is 0 Å². The first kappa shape index (κ1) is 31.7. The van der Waals surface area contributed by atoms with Crippen molar-refractivity contribution in [2.24, 2.45) is 5.92 Å². The minimum Gasteiger partial charge on any atom is -0.493 e. The van der Waals surface area contributed by atoms with Crippen molar-refractivity contribution in [1.29, 1.82) is 0 Å². The van der Waals surface area contributed by atoms with Gasteiger partial charge in [-0.3, -0.25) is 9.69 Å². The molecular weight excluding hydrogens is 611 g/mol. The van der Waals surface area contributed by atoms with E-state index in [2.05, 4.69) is 34.1 Å². The molecule has 0 saturated carbocycles. The molecule has 1 N–H and O–H groups in total. The fourth-order valence-corrected chi connectivity index (χ4v) is 6.91. The van der Waals surface area contributed by atoms with Crippen molar-refractivity contribution in [3.8, 4) is 17.2 Å². The molecule has 9 heteroatoms. The number of hydrogen-bond acceptors (Lipinski definition) is 6. The number of aromatic amines is 1. The molecule has 1 saturated heterocycles. The summed E-state index contributed by atoms with van der Waals surface area (Å²) < 4.78 is 23.1. The van der Waals surface area contributed by atoms with E-state index in [-0.39, 0.29) is 11.9 Å². The van der Waals surface area contributed by atoms with Crippen molar-refractivity contribution in [1.82, 2.24) is 9.88 Å². The topological polar surface area (TPSA) is 73.0 Å². The molecule has 45 heavy (non-hydrogen) atoms. The van der Waals surface area contributed by atoms with Gasteiger partial charge in [-0.15, -0.1) is 0 Å². The molecule has 2 unspecified atom stereocenters. The summed E-state index contributed by atoms with van der Waals surface area (Å²) >= 11 is 12.4. The van der Waals surface area contributed by atoms with Gasteiger partial charge in [0.1, 0.15) is 5.75 Å². The van der Waals surface area contributed by atoms with Gasteiger partial charge in [0.15, 0.2) is 11.5 Å². The molecule has 238 valence electrons. The Hall–Kier alpha value is -3.23. The highest BCUT2D eigenvalue weighted by molar-refractivity contribution is 6.31. The molecule has 2 heterocycles. The number of nitrogens with one attached hydrogen (secondary N) is 1. The van der Waals surface area contributed by atoms with E-state index in [4.69, 9.17) is 42.1 Å². The summed E-state index contributed by atoms with van der Waals surface area (Å²) in [4.78, 5) is 18.9. The third kappa shape index (κ3) is 7.95. The molecule has 1 aromatic heterocycles. The maximum absolute atomic E-state index is 12.8. The lowest BCUT2D eigenvalue weighted by atomic mass is 9.85. The molecule has 0 bridgehead atoms. The van der Waals surface area contributed by atoms with Gasteiger partial charge in [-0.1, -0.05) is 29.3 Å². The van der Waals surface area contributed by atoms with Crippen LogP contribution < -0.4 is 14.2 Å². The number of nitrogens with zero attached hydrogens (tertiary/aromatic N) is 1. The van der Waals surface area contributed by atoms with Crippen LogP contribution in [0.5, 0.6) is 17.2 Å². The molecule has 2 aliphatic rings. The number of methoxy groups -OCH3 is 1. The molecule has 3 aromatic carbocycles. The highest BCUT2D eigenvalue weighted by Crippen LogP contribution is 2.44. The molecule has 2 atom stereocenters. The lowest BCUT2D eigenvalue weighted by molar-refractivity contribution is -0.134. The fourth-order valence-electron chi connectivity index (χ4n) is 6.61. The minimum absolute atomic E-state index is 0.0903. The summed E-state index contributed by atoms with van der Waals surface area (Å²) in [5.74, 6) is 2.17. The molecule has 0 radical (unpaired) electrons. The van der Waals surface area contributed by atoms with Crippen molar-refractivity contribution in [2.75, 3.05) is 46.6 Å². The van der Waals surface area contributed by atoms with E-state index in [1.165, 1.54) is 16.6 Å². The first-order chi connectivity index (χ1) is 22.0. The minimum atomic E-state index is -0.230. The van der Waals surface area contributed by atoms with Crippen LogP contribution in [0.2, 0.25) is 10.0 Å². The highest BCUT2D eigenvalue weighted by Gasteiger charge is 2.30. The number of ether oxygens (including phenoxy) is 4. The Kier molecular flexibility index (Phi) is 10.5. The van der Waals surface area contributed by atoms with Crippen LogP contribution in [-0.4, -0.2) is 62.4 Å². The van der Waals surface area contributed by atoms with Crippen LogP contribution in [0.15, 0.2) is 60.7 Å². The number of carbonyl (C=O) groups is 1. The van der Waals surface area contributed by atoms with Gasteiger partial charge in [0.05, 0.1) is 26.9 Å². The molecule has 4 aromatic rings. The van der Waals surface area contributed by atoms with Crippen LogP contribution in [0.25, 0.3) is 10.9 Å². The number of carbonyl (C=O) groups excluding carboxylic acids is 1. The van der Waals surface area contributed by atoms with E-state index in [1.54, 1.807) is 31.4 Å². The van der Waals surface area contributed by atoms with Crippen LogP contribution in [0.1, 0.15) is 54.8 Å². The van der Waals surface area contributed by atoms with E-state index in [9.17, 15) is 4.79 Å². The molecule has 6 rings (SSSR count). The zero-order valence-electron chi connectivity index (χ0n) is 25.7. The predicted molar refractivity (Wildman–Crippen MR) is 178 cm³/mol. The number of fused-ring (bicyclic) bond motifs is 3. The standard InChI is InChI=1S/C36H40Cl2N2O5/c1-42-33-13-5-25(22-34(33)44-18-2-15-40-16-19-43-20-17-40)30-21-24(4-14-35(41)45-28-9-6-26(37)7-10-28)3-11-29-31-23-27(38)8-12-32(31)39-36(29)30/h5-10,12-13,22-24,30,39H,2-4,11,14-21H2,1H3. The second-order valence-corrected chi connectivity index (χ2v) is 12.8. The summed E-state index contributed by atoms with van der Waals surface area (Å²) in [6.07, 6.45) is 4.79. The van der Waals surface area contributed by atoms with Crippen molar-refractivity contribution < 1.29 is 23.7 Å². The maximum atomic E-state index is 12.8. The molecular formula is C36H40Cl2N2O5. The van der Waals surface area contributed by atoms with Crippen molar-refractivity contribution in [2.45, 2.75) is 44.4 Å². The smallest absolute Gasteiger partial charge is 0.311 e. The van der Waals surface area contributed by atoms with Gasteiger partial charge < -0.3 is 23.9 Å². The lowest BCUT2D eigenvalue weighted by Gasteiger charge is -2.26. The maximum Gasteiger partial charge on any atom is 0.311 e. The average molecular weight is 652 g/mol. The van der Waals surface area contributed by atoms with Crippen LogP contribution in [0.4, 0.5) is 0 Å². The van der Waals surface area contributed by atoms with Crippen LogP contribution in [0.3, 0.4) is 0 Å². The summed E-state index contributed by atoms with van der Waals surface area (Å²) in [7, 11) is 1.68. The fraction of sp³-hybridized carbons (Fsp3) is 0.417. The number of hydrogen-bond donors (Lipinski definition) is 1. The monoisotopic (exact) mass is 650 g/mol. The molecule has 7 nitrogen and oxygen atoms in total. The third-order valence-electron chi connectivity index (χ3n) is 8.99. The highest BCUT2D eigenvalue weighted by atomic mass is 35.5. The Morgan fingerprint density at radius 2 is 1.80 bits per heavy atom. The second kappa shape index (κ2) is 14.9. The Labute approximate surface area is 274 Å². The normalized spacial score (nSPS) is 18.7. The molecule has 1 aliphatic heterocycles. The van der Waals surface area contributed by atoms with Gasteiger partial charge in [-0.25, -0.2) is 0 Å². The van der Waals surface area contributed by atoms with E-state index in [0.29, 0.717) is 29.7 Å². The molecule has 1 aliphatic carbocycles. The lowest BCUT2D eigenvalue weighted by Crippen LogP contribution is -2.37.